The van der Waals surface area contributed by atoms with Crippen molar-refractivity contribution < 1.29 is 14.3 Å². The van der Waals surface area contributed by atoms with E-state index in [4.69, 9.17) is 4.74 Å². The highest BCUT2D eigenvalue weighted by Gasteiger charge is 2.42. The fourth-order valence-corrected chi connectivity index (χ4v) is 5.83. The standard InChI is InChI=1S/C28H26N2O3S/c1-17-25(28(32)30-19-9-4-3-5-10-19)26(20-11-6-7-12-23(20)33-2)27-21(29-17)15-18(16-22(27)31)24-13-8-14-34-24/h3-14,18,26,29H,15-16H2,1-2H3,(H,30,32)/t18-,26-/m1/s1. The number of rotatable bonds is 5. The van der Waals surface area contributed by atoms with Gasteiger partial charge >= 0.3 is 0 Å². The van der Waals surface area contributed by atoms with Crippen molar-refractivity contribution in [3.63, 3.8) is 0 Å². The van der Waals surface area contributed by atoms with Gasteiger partial charge in [0, 0.05) is 51.0 Å². The number of hydrogen-bond acceptors (Lipinski definition) is 5. The van der Waals surface area contributed by atoms with Gasteiger partial charge in [0.25, 0.3) is 5.91 Å². The van der Waals surface area contributed by atoms with E-state index < -0.39 is 5.92 Å². The molecule has 0 unspecified atom stereocenters. The van der Waals surface area contributed by atoms with E-state index in [-0.39, 0.29) is 17.6 Å². The summed E-state index contributed by atoms with van der Waals surface area (Å²) < 4.78 is 5.67. The minimum absolute atomic E-state index is 0.0700. The zero-order valence-electron chi connectivity index (χ0n) is 19.1. The number of benzene rings is 2. The van der Waals surface area contributed by atoms with Gasteiger partial charge in [-0.25, -0.2) is 0 Å². The van der Waals surface area contributed by atoms with Gasteiger partial charge in [-0.2, -0.15) is 0 Å². The molecule has 2 N–H and O–H groups in total. The molecule has 1 aliphatic carbocycles. The first-order valence-corrected chi connectivity index (χ1v) is 12.2. The zero-order chi connectivity index (χ0) is 23.7. The number of thiophene rings is 1. The molecule has 2 atom stereocenters. The second-order valence-electron chi connectivity index (χ2n) is 8.59. The smallest absolute Gasteiger partial charge is 0.254 e. The Balaban J connectivity index is 1.60. The molecule has 34 heavy (non-hydrogen) atoms. The van der Waals surface area contributed by atoms with Crippen LogP contribution in [0.4, 0.5) is 5.69 Å². The fourth-order valence-electron chi connectivity index (χ4n) is 5.00. The highest BCUT2D eigenvalue weighted by molar-refractivity contribution is 7.10. The van der Waals surface area contributed by atoms with E-state index in [0.29, 0.717) is 29.0 Å². The van der Waals surface area contributed by atoms with E-state index in [9.17, 15) is 9.59 Å². The van der Waals surface area contributed by atoms with Crippen molar-refractivity contribution in [2.45, 2.75) is 31.6 Å². The molecule has 172 valence electrons. The van der Waals surface area contributed by atoms with E-state index in [2.05, 4.69) is 16.7 Å². The van der Waals surface area contributed by atoms with Gasteiger partial charge in [-0.3, -0.25) is 9.59 Å². The zero-order valence-corrected chi connectivity index (χ0v) is 19.9. The molecule has 1 aromatic heterocycles. The fraction of sp³-hybridized carbons (Fsp3) is 0.214. The third-order valence-electron chi connectivity index (χ3n) is 6.50. The van der Waals surface area contributed by atoms with Crippen molar-refractivity contribution in [2.24, 2.45) is 0 Å². The molecule has 2 heterocycles. The number of methoxy groups -OCH3 is 1. The number of Topliss-reactive ketones (excluding diaryl/α,β-unsaturated/α-hetero) is 1. The lowest BCUT2D eigenvalue weighted by Crippen LogP contribution is -2.37. The molecular weight excluding hydrogens is 444 g/mol. The van der Waals surface area contributed by atoms with Crippen LogP contribution in [0.25, 0.3) is 0 Å². The van der Waals surface area contributed by atoms with Crippen LogP contribution >= 0.6 is 11.3 Å². The predicted molar refractivity (Wildman–Crippen MR) is 135 cm³/mol. The van der Waals surface area contributed by atoms with Crippen molar-refractivity contribution in [2.75, 3.05) is 12.4 Å². The summed E-state index contributed by atoms with van der Waals surface area (Å²) in [5.74, 6) is 0.136. The number of dihydropyridines is 1. The number of carbonyl (C=O) groups is 2. The summed E-state index contributed by atoms with van der Waals surface area (Å²) in [6, 6.07) is 21.1. The number of carbonyl (C=O) groups excluding carboxylic acids is 2. The Hall–Kier alpha value is -3.64. The lowest BCUT2D eigenvalue weighted by atomic mass is 9.72. The van der Waals surface area contributed by atoms with Gasteiger partial charge in [-0.05, 0) is 43.0 Å². The number of ketones is 1. The van der Waals surface area contributed by atoms with Gasteiger partial charge in [0.2, 0.25) is 0 Å². The first-order chi connectivity index (χ1) is 16.6. The number of amides is 1. The Bertz CT molecular complexity index is 1290. The molecular formula is C28H26N2O3S. The first kappa shape index (κ1) is 22.2. The van der Waals surface area contributed by atoms with Crippen molar-refractivity contribution in [1.29, 1.82) is 0 Å². The summed E-state index contributed by atoms with van der Waals surface area (Å²) in [4.78, 5) is 28.5. The Labute approximate surface area is 203 Å². The molecule has 3 aromatic rings. The maximum absolute atomic E-state index is 13.7. The second-order valence-corrected chi connectivity index (χ2v) is 9.57. The van der Waals surface area contributed by atoms with Crippen molar-refractivity contribution in [3.05, 3.63) is 105 Å². The molecule has 6 heteroatoms. The van der Waals surface area contributed by atoms with Crippen LogP contribution < -0.4 is 15.4 Å². The highest BCUT2D eigenvalue weighted by Crippen LogP contribution is 2.48. The Morgan fingerprint density at radius 3 is 2.53 bits per heavy atom. The summed E-state index contributed by atoms with van der Waals surface area (Å²) in [5, 5.41) is 8.50. The summed E-state index contributed by atoms with van der Waals surface area (Å²) in [5.41, 5.74) is 4.39. The number of hydrogen-bond donors (Lipinski definition) is 2. The van der Waals surface area contributed by atoms with Crippen LogP contribution in [-0.2, 0) is 9.59 Å². The Morgan fingerprint density at radius 1 is 1.03 bits per heavy atom. The maximum atomic E-state index is 13.7. The van der Waals surface area contributed by atoms with Crippen LogP contribution in [0.2, 0.25) is 0 Å². The average molecular weight is 471 g/mol. The van der Waals surface area contributed by atoms with Gasteiger partial charge in [-0.1, -0.05) is 42.5 Å². The second kappa shape index (κ2) is 9.31. The monoisotopic (exact) mass is 470 g/mol. The minimum atomic E-state index is -0.507. The van der Waals surface area contributed by atoms with Crippen LogP contribution in [0.3, 0.4) is 0 Å². The van der Waals surface area contributed by atoms with E-state index in [1.807, 2.05) is 73.0 Å². The maximum Gasteiger partial charge on any atom is 0.254 e. The molecule has 5 nitrogen and oxygen atoms in total. The molecule has 1 aliphatic heterocycles. The number of para-hydroxylation sites is 2. The van der Waals surface area contributed by atoms with E-state index in [1.165, 1.54) is 4.88 Å². The molecule has 2 aliphatic rings. The van der Waals surface area contributed by atoms with Gasteiger partial charge in [0.1, 0.15) is 5.75 Å². The lowest BCUT2D eigenvalue weighted by Gasteiger charge is -2.37. The number of ether oxygens (including phenoxy) is 1. The topological polar surface area (TPSA) is 67.4 Å². The van der Waals surface area contributed by atoms with E-state index in [0.717, 1.165) is 23.4 Å². The van der Waals surface area contributed by atoms with Crippen LogP contribution in [0.5, 0.6) is 5.75 Å². The number of nitrogens with one attached hydrogen (secondary N) is 2. The minimum Gasteiger partial charge on any atom is -0.496 e. The van der Waals surface area contributed by atoms with E-state index in [1.54, 1.807) is 18.4 Å². The molecule has 2 aromatic carbocycles. The number of anilines is 1. The van der Waals surface area contributed by atoms with Gasteiger partial charge in [0.05, 0.1) is 13.0 Å². The van der Waals surface area contributed by atoms with Crippen LogP contribution in [0.15, 0.2) is 94.7 Å². The highest BCUT2D eigenvalue weighted by atomic mass is 32.1. The molecule has 0 spiro atoms. The van der Waals surface area contributed by atoms with E-state index >= 15 is 0 Å². The summed E-state index contributed by atoms with van der Waals surface area (Å²) in [7, 11) is 1.62. The molecule has 0 radical (unpaired) electrons. The molecule has 5 rings (SSSR count). The number of allylic oxidation sites excluding steroid dienone is 3. The largest absolute Gasteiger partial charge is 0.496 e. The van der Waals surface area contributed by atoms with Gasteiger partial charge < -0.3 is 15.4 Å². The molecule has 0 saturated heterocycles. The summed E-state index contributed by atoms with van der Waals surface area (Å²) >= 11 is 1.68. The molecule has 0 saturated carbocycles. The third kappa shape index (κ3) is 4.05. The summed E-state index contributed by atoms with van der Waals surface area (Å²) in [6.07, 6.45) is 1.16. The van der Waals surface area contributed by atoms with Crippen LogP contribution in [0.1, 0.15) is 42.0 Å². The Kier molecular flexibility index (Phi) is 6.07. The average Bonchev–Trinajstić information content (AvgIpc) is 3.39. The van der Waals surface area contributed by atoms with Crippen molar-refractivity contribution in [3.8, 4) is 5.75 Å². The van der Waals surface area contributed by atoms with Crippen molar-refractivity contribution >= 4 is 28.7 Å². The van der Waals surface area contributed by atoms with Crippen molar-refractivity contribution in [1.82, 2.24) is 5.32 Å². The van der Waals surface area contributed by atoms with Crippen LogP contribution in [-0.4, -0.2) is 18.8 Å². The SMILES string of the molecule is COc1ccccc1[C@@H]1C(C(=O)Nc2ccccc2)=C(C)NC2=C1C(=O)C[C@H](c1cccs1)C2. The lowest BCUT2D eigenvalue weighted by molar-refractivity contribution is -0.116. The molecule has 1 amide bonds. The van der Waals surface area contributed by atoms with Crippen LogP contribution in [0, 0.1) is 0 Å². The first-order valence-electron chi connectivity index (χ1n) is 11.3. The predicted octanol–water partition coefficient (Wildman–Crippen LogP) is 5.76. The Morgan fingerprint density at radius 2 is 1.79 bits per heavy atom. The van der Waals surface area contributed by atoms with Gasteiger partial charge in [-0.15, -0.1) is 11.3 Å². The molecule has 0 bridgehead atoms. The molecule has 0 fully saturated rings. The van der Waals surface area contributed by atoms with Gasteiger partial charge in [0.15, 0.2) is 5.78 Å². The quantitative estimate of drug-likeness (QED) is 0.498. The third-order valence-corrected chi connectivity index (χ3v) is 7.53. The summed E-state index contributed by atoms with van der Waals surface area (Å²) in [6.45, 7) is 1.91. The normalized spacial score (nSPS) is 20.0.